The van der Waals surface area contributed by atoms with E-state index >= 15 is 0 Å². The fraction of sp³-hybridized carbons (Fsp3) is 0.0400. The van der Waals surface area contributed by atoms with E-state index in [2.05, 4.69) is 10.3 Å². The number of halogens is 5. The SMILES string of the molecule is O=C(Nc1cccc(C(F)(F)F)c1)c1cccc2c(Oc3cc(Cl)nc4c3ccn4SF)cccc12. The van der Waals surface area contributed by atoms with E-state index in [1.54, 1.807) is 42.5 Å². The summed E-state index contributed by atoms with van der Waals surface area (Å²) in [6.07, 6.45) is -3.04. The van der Waals surface area contributed by atoms with Gasteiger partial charge in [-0.2, -0.15) is 13.2 Å². The van der Waals surface area contributed by atoms with Crippen molar-refractivity contribution in [3.63, 3.8) is 0 Å². The first-order valence-electron chi connectivity index (χ1n) is 10.4. The number of nitrogens with zero attached hydrogens (tertiary/aromatic N) is 2. The average molecular weight is 532 g/mol. The molecule has 5 nitrogen and oxygen atoms in total. The highest BCUT2D eigenvalue weighted by Gasteiger charge is 2.30. The largest absolute Gasteiger partial charge is 0.456 e. The van der Waals surface area contributed by atoms with Crippen LogP contribution in [0.4, 0.5) is 22.7 Å². The molecule has 36 heavy (non-hydrogen) atoms. The Labute approximate surface area is 211 Å². The van der Waals surface area contributed by atoms with Gasteiger partial charge in [-0.05, 0) is 41.8 Å². The van der Waals surface area contributed by atoms with Gasteiger partial charge in [-0.1, -0.05) is 41.9 Å². The van der Waals surface area contributed by atoms with Gasteiger partial charge in [0.2, 0.25) is 0 Å². The molecule has 0 atom stereocenters. The summed E-state index contributed by atoms with van der Waals surface area (Å²) >= 11 is 6.09. The number of hydrogen-bond donors (Lipinski definition) is 1. The van der Waals surface area contributed by atoms with E-state index in [9.17, 15) is 21.9 Å². The van der Waals surface area contributed by atoms with E-state index < -0.39 is 17.6 Å². The molecule has 0 fully saturated rings. The van der Waals surface area contributed by atoms with Gasteiger partial charge >= 0.3 is 6.18 Å². The van der Waals surface area contributed by atoms with E-state index in [1.165, 1.54) is 28.4 Å². The zero-order chi connectivity index (χ0) is 25.4. The summed E-state index contributed by atoms with van der Waals surface area (Å²) in [5, 5.41) is 4.26. The van der Waals surface area contributed by atoms with E-state index in [0.29, 0.717) is 27.7 Å². The number of carbonyl (C=O) groups is 1. The quantitative estimate of drug-likeness (QED) is 0.183. The van der Waals surface area contributed by atoms with Crippen LogP contribution in [0, 0.1) is 0 Å². The van der Waals surface area contributed by atoms with Gasteiger partial charge in [-0.25, -0.2) is 8.96 Å². The zero-order valence-corrected chi connectivity index (χ0v) is 19.6. The number of rotatable bonds is 5. The molecule has 3 aromatic carbocycles. The molecule has 182 valence electrons. The Morgan fingerprint density at radius 1 is 0.944 bits per heavy atom. The first kappa shape index (κ1) is 24.0. The minimum absolute atomic E-state index is 0.0169. The minimum atomic E-state index is -4.53. The number of hydrogen-bond acceptors (Lipinski definition) is 4. The molecule has 0 saturated heterocycles. The molecular formula is C25H14ClF4N3O2S. The number of carbonyl (C=O) groups excluding carboxylic acids is 1. The lowest BCUT2D eigenvalue weighted by Gasteiger charge is -2.13. The Morgan fingerprint density at radius 2 is 1.69 bits per heavy atom. The second-order valence-corrected chi connectivity index (χ2v) is 8.60. The summed E-state index contributed by atoms with van der Waals surface area (Å²) in [6.45, 7) is 0. The first-order valence-corrected chi connectivity index (χ1v) is 11.4. The van der Waals surface area contributed by atoms with Crippen molar-refractivity contribution in [2.75, 3.05) is 5.32 Å². The number of amides is 1. The van der Waals surface area contributed by atoms with E-state index in [0.717, 1.165) is 12.1 Å². The molecule has 0 aliphatic heterocycles. The number of pyridine rings is 1. The summed E-state index contributed by atoms with van der Waals surface area (Å²) in [5.74, 6) is 0.151. The average Bonchev–Trinajstić information content (AvgIpc) is 3.26. The van der Waals surface area contributed by atoms with Crippen molar-refractivity contribution >= 4 is 57.3 Å². The van der Waals surface area contributed by atoms with Gasteiger partial charge in [-0.3, -0.25) is 4.79 Å². The number of anilines is 1. The van der Waals surface area contributed by atoms with Crippen LogP contribution < -0.4 is 10.1 Å². The second kappa shape index (κ2) is 9.36. The summed E-state index contributed by atoms with van der Waals surface area (Å²) in [5.41, 5.74) is -0.320. The predicted octanol–water partition coefficient (Wildman–Crippen LogP) is 8.29. The van der Waals surface area contributed by atoms with Crippen LogP contribution in [-0.4, -0.2) is 14.9 Å². The third kappa shape index (κ3) is 4.57. The van der Waals surface area contributed by atoms with Crippen molar-refractivity contribution in [3.8, 4) is 11.5 Å². The molecule has 0 bridgehead atoms. The van der Waals surface area contributed by atoms with E-state index in [-0.39, 0.29) is 34.4 Å². The van der Waals surface area contributed by atoms with Crippen LogP contribution in [0.2, 0.25) is 5.15 Å². The lowest BCUT2D eigenvalue weighted by molar-refractivity contribution is -0.137. The number of fused-ring (bicyclic) bond motifs is 2. The number of aromatic nitrogens is 2. The van der Waals surface area contributed by atoms with Crippen molar-refractivity contribution in [2.45, 2.75) is 6.18 Å². The normalized spacial score (nSPS) is 11.7. The molecule has 0 spiro atoms. The molecule has 1 amide bonds. The predicted molar refractivity (Wildman–Crippen MR) is 132 cm³/mol. The number of ether oxygens (including phenoxy) is 1. The van der Waals surface area contributed by atoms with Crippen molar-refractivity contribution in [1.29, 1.82) is 0 Å². The third-order valence-electron chi connectivity index (χ3n) is 5.42. The number of alkyl halides is 3. The summed E-state index contributed by atoms with van der Waals surface area (Å²) in [7, 11) is 0. The van der Waals surface area contributed by atoms with Crippen molar-refractivity contribution in [3.05, 3.63) is 95.3 Å². The van der Waals surface area contributed by atoms with E-state index in [1.807, 2.05) is 0 Å². The van der Waals surface area contributed by atoms with Gasteiger partial charge in [0.1, 0.15) is 16.7 Å². The molecule has 2 heterocycles. The molecule has 0 unspecified atom stereocenters. The van der Waals surface area contributed by atoms with Crippen LogP contribution in [0.15, 0.2) is 79.0 Å². The van der Waals surface area contributed by atoms with Gasteiger partial charge in [0, 0.05) is 28.9 Å². The van der Waals surface area contributed by atoms with Crippen LogP contribution in [0.3, 0.4) is 0 Å². The lowest BCUT2D eigenvalue weighted by Crippen LogP contribution is -2.13. The fourth-order valence-corrected chi connectivity index (χ4v) is 4.32. The Bertz CT molecular complexity index is 1620. The summed E-state index contributed by atoms with van der Waals surface area (Å²) in [6, 6.07) is 17.6. The molecule has 0 aliphatic carbocycles. The Balaban J connectivity index is 1.51. The maximum atomic E-state index is 13.2. The minimum Gasteiger partial charge on any atom is -0.456 e. The maximum absolute atomic E-state index is 13.2. The first-order chi connectivity index (χ1) is 17.2. The number of nitrogens with one attached hydrogen (secondary N) is 1. The Hall–Kier alpha value is -3.76. The highest BCUT2D eigenvalue weighted by atomic mass is 35.5. The third-order valence-corrected chi connectivity index (χ3v) is 6.06. The van der Waals surface area contributed by atoms with Gasteiger partial charge in [0.15, 0.2) is 18.0 Å². The topological polar surface area (TPSA) is 56.1 Å². The van der Waals surface area contributed by atoms with Crippen LogP contribution in [0.25, 0.3) is 21.8 Å². The zero-order valence-electron chi connectivity index (χ0n) is 18.0. The molecule has 2 aromatic heterocycles. The highest BCUT2D eigenvalue weighted by Crippen LogP contribution is 2.37. The molecule has 0 radical (unpaired) electrons. The standard InChI is InChI=1S/C25H14ClF4N3O2S/c26-22-13-21(19-10-11-33(36-30)23(19)32-22)35-20-9-3-6-16-17(20)7-2-8-18(16)24(34)31-15-5-1-4-14(12-15)25(27,28)29/h1-13H,(H,31,34). The molecule has 0 aliphatic rings. The molecule has 5 rings (SSSR count). The molecule has 1 N–H and O–H groups in total. The Morgan fingerprint density at radius 3 is 2.47 bits per heavy atom. The maximum Gasteiger partial charge on any atom is 0.416 e. The van der Waals surface area contributed by atoms with Crippen LogP contribution in [-0.2, 0) is 6.18 Å². The molecule has 0 saturated carbocycles. The Kier molecular flexibility index (Phi) is 6.23. The summed E-state index contributed by atoms with van der Waals surface area (Å²) < 4.78 is 59.7. The highest BCUT2D eigenvalue weighted by molar-refractivity contribution is 7.92. The van der Waals surface area contributed by atoms with Gasteiger partial charge in [0.25, 0.3) is 5.91 Å². The van der Waals surface area contributed by atoms with Crippen LogP contribution in [0.5, 0.6) is 11.5 Å². The summed E-state index contributed by atoms with van der Waals surface area (Å²) in [4.78, 5) is 17.1. The van der Waals surface area contributed by atoms with Gasteiger partial charge in [0.05, 0.1) is 10.9 Å². The van der Waals surface area contributed by atoms with Crippen molar-refractivity contribution in [1.82, 2.24) is 8.96 Å². The number of benzene rings is 3. The lowest BCUT2D eigenvalue weighted by atomic mass is 10.0. The molecule has 11 heteroatoms. The van der Waals surface area contributed by atoms with Gasteiger partial charge in [-0.15, -0.1) is 3.89 Å². The van der Waals surface area contributed by atoms with E-state index in [4.69, 9.17) is 16.3 Å². The second-order valence-electron chi connectivity index (χ2n) is 7.68. The van der Waals surface area contributed by atoms with Crippen LogP contribution in [0.1, 0.15) is 15.9 Å². The van der Waals surface area contributed by atoms with Gasteiger partial charge < -0.3 is 10.1 Å². The fourth-order valence-electron chi connectivity index (χ4n) is 3.83. The molecular weight excluding hydrogens is 518 g/mol. The monoisotopic (exact) mass is 531 g/mol. The van der Waals surface area contributed by atoms with Crippen LogP contribution >= 0.6 is 23.9 Å². The smallest absolute Gasteiger partial charge is 0.416 e. The van der Waals surface area contributed by atoms with Crippen molar-refractivity contribution < 1.29 is 26.6 Å². The van der Waals surface area contributed by atoms with Crippen molar-refractivity contribution in [2.24, 2.45) is 0 Å². The molecule has 5 aromatic rings.